The zero-order valence-corrected chi connectivity index (χ0v) is 60.9. The number of hydrogen-bond acceptors (Lipinski definition) is 36. The monoisotopic (exact) mass is 1450 g/mol. The molecular formula is C63H114O36. The molecule has 0 amide bonds. The smallest absolute Gasteiger partial charge is 0.187 e. The third-order valence-corrected chi connectivity index (χ3v) is 19.1. The quantitative estimate of drug-likeness (QED) is 0.0638. The highest BCUT2D eigenvalue weighted by molar-refractivity contribution is 5.03. The largest absolute Gasteiger partial charge is 0.387 e. The molecule has 36 nitrogen and oxygen atoms in total. The SMILES string of the molecule is COC[C@H]1O[C@H](O[C@H]2[C@H](OC)[C@@H](OC)[C@@H](O[C@H]3[C@H](OC)[C@@H](OC)[C@@H](O[C@H]4[C@H](OC)[C@@H](OC)[C@@H](O[C@H]5[C@H](OC)[C@@H](OC)[C@@H](O[C@H]6[C@H](OC)[C@@H](OC)[C@@H](O[C@H]7[C@H](OC)[C@@H](OC)C(O)O[C@@H]7COC)O[C@@H]6COC)O[C@@H]5COC)O[C@@H]4COC)O[C@@H]3COC)O[C@@H]2COC)[C@H](OC)[C@@H](OC)[C@@H]1O. The minimum absolute atomic E-state index is 0.0108. The average molecular weight is 1450 g/mol. The highest BCUT2D eigenvalue weighted by Gasteiger charge is 2.61. The predicted molar refractivity (Wildman–Crippen MR) is 332 cm³/mol. The highest BCUT2D eigenvalue weighted by atomic mass is 16.8. The summed E-state index contributed by atoms with van der Waals surface area (Å²) in [5, 5.41) is 22.0. The fraction of sp³-hybridized carbons (Fsp3) is 1.00. The van der Waals surface area contributed by atoms with E-state index >= 15 is 0 Å². The van der Waals surface area contributed by atoms with Gasteiger partial charge in [-0.3, -0.25) is 0 Å². The van der Waals surface area contributed by atoms with Crippen LogP contribution in [0.2, 0.25) is 0 Å². The van der Waals surface area contributed by atoms with Gasteiger partial charge in [-0.25, -0.2) is 0 Å². The van der Waals surface area contributed by atoms with Gasteiger partial charge in [0.15, 0.2) is 44.0 Å². The minimum atomic E-state index is -1.35. The molecule has 0 bridgehead atoms. The number of aliphatic hydroxyl groups is 2. The normalized spacial score (nSPS) is 44.7. The van der Waals surface area contributed by atoms with Gasteiger partial charge in [0.2, 0.25) is 0 Å². The molecule has 0 spiro atoms. The van der Waals surface area contributed by atoms with E-state index in [9.17, 15) is 10.2 Å². The summed E-state index contributed by atoms with van der Waals surface area (Å²) in [6.45, 7) is -0.125. The van der Waals surface area contributed by atoms with Gasteiger partial charge in [-0.05, 0) is 0 Å². The molecule has 2 N–H and O–H groups in total. The Hall–Kier alpha value is -1.44. The van der Waals surface area contributed by atoms with E-state index in [0.29, 0.717) is 0 Å². The van der Waals surface area contributed by atoms with Crippen molar-refractivity contribution >= 4 is 0 Å². The molecule has 7 aliphatic rings. The van der Waals surface area contributed by atoms with Crippen LogP contribution >= 0.6 is 0 Å². The van der Waals surface area contributed by atoms with Crippen molar-refractivity contribution in [1.29, 1.82) is 0 Å². The fourth-order valence-electron chi connectivity index (χ4n) is 14.5. The van der Waals surface area contributed by atoms with Gasteiger partial charge >= 0.3 is 0 Å². The van der Waals surface area contributed by atoms with Crippen LogP contribution in [0.4, 0.5) is 0 Å². The third kappa shape index (κ3) is 19.3. The summed E-state index contributed by atoms with van der Waals surface area (Å²) in [6.07, 6.45) is -35.1. The van der Waals surface area contributed by atoms with Crippen molar-refractivity contribution in [1.82, 2.24) is 0 Å². The van der Waals surface area contributed by atoms with Gasteiger partial charge < -0.3 is 171 Å². The maximum absolute atomic E-state index is 11.2. The van der Waals surface area contributed by atoms with Crippen LogP contribution in [-0.4, -0.2) is 421 Å². The van der Waals surface area contributed by atoms with Crippen LogP contribution in [0.25, 0.3) is 0 Å². The van der Waals surface area contributed by atoms with Gasteiger partial charge in [0.05, 0.1) is 46.2 Å². The summed E-state index contributed by atoms with van der Waals surface area (Å²) in [7, 11) is 31.2. The molecule has 7 saturated heterocycles. The Labute approximate surface area is 580 Å². The standard InChI is InChI=1S/C63H114O36/c1-66-22-29-36(64)43(73-8)51(81-16)58(88-29)95-38-31(24-68-3)90-60(53(83-18)45(38)75-10)97-40-33(26-70-5)92-62(55(85-20)47(40)77-12)99-42-35(28-72-7)93-63(56(86-21)49(42)79-14)98-41-34(27-71-6)91-61(54(84-19)48(41)78-13)96-39-32(25-69-4)89-59(52(82-17)46(39)76-11)94-37-30(23-67-2)87-57(65)50(80-15)44(37)74-9/h29-65H,22-28H2,1-21H3/t29-,30-,31-,32-,33-,34-,35-,36-,37-,38-,39-,40-,41-,42-,43+,44+,45+,46+,47+,48+,49+,50-,51-,52-,53-,54-,55-,56-,57?,58-,59-,60-,61-,62-,63-/m1/s1. The molecule has 99 heavy (non-hydrogen) atoms. The summed E-state index contributed by atoms with van der Waals surface area (Å²) in [6, 6.07) is 0. The maximum Gasteiger partial charge on any atom is 0.187 e. The van der Waals surface area contributed by atoms with E-state index in [1.54, 1.807) is 0 Å². The van der Waals surface area contributed by atoms with E-state index in [0.717, 1.165) is 0 Å². The molecule has 0 aromatic carbocycles. The third-order valence-electron chi connectivity index (χ3n) is 19.1. The number of hydrogen-bond donors (Lipinski definition) is 2. The zero-order valence-electron chi connectivity index (χ0n) is 60.9. The van der Waals surface area contributed by atoms with Crippen molar-refractivity contribution in [3.63, 3.8) is 0 Å². The lowest BCUT2D eigenvalue weighted by molar-refractivity contribution is -0.404. The van der Waals surface area contributed by atoms with Crippen molar-refractivity contribution in [3.8, 4) is 0 Å². The second kappa shape index (κ2) is 42.2. The Kier molecular flexibility index (Phi) is 36.1. The van der Waals surface area contributed by atoms with Gasteiger partial charge in [0.1, 0.15) is 171 Å². The number of methoxy groups -OCH3 is 21. The first-order valence-electron chi connectivity index (χ1n) is 32.7. The maximum atomic E-state index is 11.2. The molecule has 0 saturated carbocycles. The van der Waals surface area contributed by atoms with Crippen molar-refractivity contribution in [2.75, 3.05) is 196 Å². The molecule has 0 radical (unpaired) electrons. The van der Waals surface area contributed by atoms with Crippen LogP contribution in [-0.2, 0) is 161 Å². The van der Waals surface area contributed by atoms with Crippen LogP contribution in [0.1, 0.15) is 0 Å². The summed E-state index contributed by atoms with van der Waals surface area (Å²) >= 11 is 0. The minimum Gasteiger partial charge on any atom is -0.387 e. The van der Waals surface area contributed by atoms with E-state index in [4.69, 9.17) is 161 Å². The first-order chi connectivity index (χ1) is 48.0. The molecule has 1 unspecified atom stereocenters. The fourth-order valence-corrected chi connectivity index (χ4v) is 14.5. The summed E-state index contributed by atoms with van der Waals surface area (Å²) in [5.41, 5.74) is 0. The summed E-state index contributed by atoms with van der Waals surface area (Å²) in [5.74, 6) is 0. The first-order valence-corrected chi connectivity index (χ1v) is 32.7. The van der Waals surface area contributed by atoms with Gasteiger partial charge in [-0.15, -0.1) is 0 Å². The topological polar surface area (TPSA) is 354 Å². The Balaban J connectivity index is 1.10. The number of rotatable bonds is 40. The average Bonchev–Trinajstić information content (AvgIpc) is 0.777. The van der Waals surface area contributed by atoms with Gasteiger partial charge in [0, 0.05) is 149 Å². The summed E-state index contributed by atoms with van der Waals surface area (Å²) < 4.78 is 212. The molecule has 7 fully saturated rings. The van der Waals surface area contributed by atoms with Gasteiger partial charge in [0.25, 0.3) is 0 Å². The second-order valence-electron chi connectivity index (χ2n) is 24.4. The molecule has 35 atom stereocenters. The van der Waals surface area contributed by atoms with Crippen LogP contribution in [0, 0.1) is 0 Å². The molecule has 0 aromatic heterocycles. The molecule has 7 heterocycles. The van der Waals surface area contributed by atoms with Gasteiger partial charge in [-0.1, -0.05) is 0 Å². The van der Waals surface area contributed by atoms with Gasteiger partial charge in [-0.2, -0.15) is 0 Å². The molecule has 7 rings (SSSR count). The van der Waals surface area contributed by atoms with Crippen LogP contribution in [0.3, 0.4) is 0 Å². The predicted octanol–water partition coefficient (Wildman–Crippen LogP) is -2.54. The molecule has 582 valence electrons. The van der Waals surface area contributed by atoms with E-state index in [-0.39, 0.29) is 46.2 Å². The van der Waals surface area contributed by atoms with Crippen LogP contribution < -0.4 is 0 Å². The van der Waals surface area contributed by atoms with E-state index in [1.165, 1.54) is 149 Å². The van der Waals surface area contributed by atoms with Crippen molar-refractivity contribution in [2.45, 2.75) is 215 Å². The number of aliphatic hydroxyl groups excluding tert-OH is 2. The lowest BCUT2D eigenvalue weighted by Gasteiger charge is -2.52. The number of ether oxygens (including phenoxy) is 34. The lowest BCUT2D eigenvalue weighted by Crippen LogP contribution is -2.69. The van der Waals surface area contributed by atoms with E-state index in [1.807, 2.05) is 0 Å². The lowest BCUT2D eigenvalue weighted by atomic mass is 9.94. The summed E-state index contributed by atoms with van der Waals surface area (Å²) in [4.78, 5) is 0. The van der Waals surface area contributed by atoms with Crippen LogP contribution in [0.15, 0.2) is 0 Å². The first kappa shape index (κ1) is 84.8. The van der Waals surface area contributed by atoms with E-state index < -0.39 is 215 Å². The van der Waals surface area contributed by atoms with E-state index in [2.05, 4.69) is 0 Å². The van der Waals surface area contributed by atoms with Crippen LogP contribution in [0.5, 0.6) is 0 Å². The zero-order chi connectivity index (χ0) is 72.2. The van der Waals surface area contributed by atoms with Crippen molar-refractivity contribution in [2.24, 2.45) is 0 Å². The Morgan fingerprint density at radius 2 is 0.343 bits per heavy atom. The Bertz CT molecular complexity index is 2190. The molecule has 0 aliphatic carbocycles. The van der Waals surface area contributed by atoms with Crippen molar-refractivity contribution < 1.29 is 171 Å². The van der Waals surface area contributed by atoms with Crippen molar-refractivity contribution in [3.05, 3.63) is 0 Å². The Morgan fingerprint density at radius 1 is 0.182 bits per heavy atom. The second-order valence-corrected chi connectivity index (χ2v) is 24.4. The molecular weight excluding hydrogens is 1330 g/mol. The highest BCUT2D eigenvalue weighted by Crippen LogP contribution is 2.42. The Morgan fingerprint density at radius 3 is 0.535 bits per heavy atom. The molecule has 7 aliphatic heterocycles. The molecule has 0 aromatic rings. The molecule has 36 heteroatoms.